The first-order valence-electron chi connectivity index (χ1n) is 4.19. The predicted molar refractivity (Wildman–Crippen MR) is 52.7 cm³/mol. The number of aromatic amines is 2. The monoisotopic (exact) mass is 176 g/mol. The van der Waals surface area contributed by atoms with Crippen LogP contribution >= 0.6 is 0 Å². The summed E-state index contributed by atoms with van der Waals surface area (Å²) in [5.41, 5.74) is 4.05. The molecule has 2 rings (SSSR count). The van der Waals surface area contributed by atoms with Crippen molar-refractivity contribution < 1.29 is 0 Å². The van der Waals surface area contributed by atoms with Crippen LogP contribution in [0.4, 0.5) is 5.69 Å². The molecule has 0 saturated heterocycles. The van der Waals surface area contributed by atoms with Crippen molar-refractivity contribution in [3.05, 3.63) is 24.0 Å². The predicted octanol–water partition coefficient (Wildman–Crippen LogP) is 1.75. The molecule has 0 aliphatic carbocycles. The van der Waals surface area contributed by atoms with Gasteiger partial charge in [-0.25, -0.2) is 0 Å². The van der Waals surface area contributed by atoms with Gasteiger partial charge >= 0.3 is 0 Å². The van der Waals surface area contributed by atoms with Crippen molar-refractivity contribution in [2.75, 3.05) is 12.4 Å². The maximum absolute atomic E-state index is 4.21. The number of anilines is 1. The van der Waals surface area contributed by atoms with Gasteiger partial charge in [-0.1, -0.05) is 0 Å². The average molecular weight is 176 g/mol. The second-order valence-corrected chi connectivity index (χ2v) is 2.91. The highest BCUT2D eigenvalue weighted by Gasteiger charge is 2.10. The van der Waals surface area contributed by atoms with Crippen molar-refractivity contribution in [2.24, 2.45) is 0 Å². The molecule has 0 fully saturated rings. The summed E-state index contributed by atoms with van der Waals surface area (Å²) >= 11 is 0. The minimum atomic E-state index is 0.935. The van der Waals surface area contributed by atoms with Crippen LogP contribution in [0.1, 0.15) is 5.69 Å². The number of aryl methyl sites for hydroxylation is 1. The highest BCUT2D eigenvalue weighted by molar-refractivity contribution is 5.73. The van der Waals surface area contributed by atoms with Gasteiger partial charge in [0.05, 0.1) is 17.1 Å². The number of hydrogen-bond acceptors (Lipinski definition) is 2. The summed E-state index contributed by atoms with van der Waals surface area (Å²) in [5.74, 6) is 0. The van der Waals surface area contributed by atoms with E-state index in [1.807, 2.05) is 32.3 Å². The Hall–Kier alpha value is -1.71. The van der Waals surface area contributed by atoms with Crippen LogP contribution in [0.3, 0.4) is 0 Å². The molecular weight excluding hydrogens is 164 g/mol. The summed E-state index contributed by atoms with van der Waals surface area (Å²) in [6, 6.07) is 3.95. The number of aromatic nitrogens is 3. The standard InChI is InChI=1S/C9H12N4/c1-6-8(10-2)9(13-12-6)7-4-3-5-11-7/h3-5,10-11H,1-2H3,(H,12,13). The minimum absolute atomic E-state index is 0.935. The SMILES string of the molecule is CNc1c(-c2ccc[nH]2)n[nH]c1C. The molecule has 4 nitrogen and oxygen atoms in total. The van der Waals surface area contributed by atoms with Gasteiger partial charge in [0.1, 0.15) is 5.69 Å². The second-order valence-electron chi connectivity index (χ2n) is 2.91. The largest absolute Gasteiger partial charge is 0.385 e. The van der Waals surface area contributed by atoms with Crippen molar-refractivity contribution in [1.82, 2.24) is 15.2 Å². The van der Waals surface area contributed by atoms with E-state index in [0.29, 0.717) is 0 Å². The molecule has 0 aliphatic rings. The second kappa shape index (κ2) is 2.97. The van der Waals surface area contributed by atoms with Gasteiger partial charge in [-0.3, -0.25) is 5.10 Å². The zero-order valence-electron chi connectivity index (χ0n) is 7.68. The molecule has 0 spiro atoms. The number of hydrogen-bond donors (Lipinski definition) is 3. The Labute approximate surface area is 76.4 Å². The zero-order valence-corrected chi connectivity index (χ0v) is 7.68. The van der Waals surface area contributed by atoms with Gasteiger partial charge in [0.25, 0.3) is 0 Å². The average Bonchev–Trinajstić information content (AvgIpc) is 2.71. The zero-order chi connectivity index (χ0) is 9.26. The van der Waals surface area contributed by atoms with Crippen molar-refractivity contribution in [3.63, 3.8) is 0 Å². The van der Waals surface area contributed by atoms with E-state index in [1.54, 1.807) is 0 Å². The molecule has 2 aromatic heterocycles. The molecule has 0 aromatic carbocycles. The Morgan fingerprint density at radius 1 is 1.46 bits per heavy atom. The molecule has 0 unspecified atom stereocenters. The fourth-order valence-electron chi connectivity index (χ4n) is 1.41. The highest BCUT2D eigenvalue weighted by atomic mass is 15.2. The molecule has 2 heterocycles. The van der Waals surface area contributed by atoms with E-state index in [9.17, 15) is 0 Å². The molecule has 0 bridgehead atoms. The highest BCUT2D eigenvalue weighted by Crippen LogP contribution is 2.26. The van der Waals surface area contributed by atoms with E-state index in [-0.39, 0.29) is 0 Å². The summed E-state index contributed by atoms with van der Waals surface area (Å²) < 4.78 is 0. The van der Waals surface area contributed by atoms with Gasteiger partial charge in [-0.05, 0) is 19.1 Å². The molecule has 3 N–H and O–H groups in total. The lowest BCUT2D eigenvalue weighted by Gasteiger charge is -1.99. The molecule has 2 aromatic rings. The first-order valence-corrected chi connectivity index (χ1v) is 4.19. The first-order chi connectivity index (χ1) is 6.33. The van der Waals surface area contributed by atoms with Crippen LogP contribution < -0.4 is 5.32 Å². The minimum Gasteiger partial charge on any atom is -0.385 e. The number of rotatable bonds is 2. The van der Waals surface area contributed by atoms with E-state index in [0.717, 1.165) is 22.8 Å². The van der Waals surface area contributed by atoms with Gasteiger partial charge in [0.2, 0.25) is 0 Å². The molecule has 0 amide bonds. The smallest absolute Gasteiger partial charge is 0.132 e. The molecular formula is C9H12N4. The summed E-state index contributed by atoms with van der Waals surface area (Å²) in [6.45, 7) is 1.99. The molecule has 0 atom stereocenters. The van der Waals surface area contributed by atoms with Crippen molar-refractivity contribution >= 4 is 5.69 Å². The number of H-pyrrole nitrogens is 2. The molecule has 0 aliphatic heterocycles. The maximum atomic E-state index is 4.21. The van der Waals surface area contributed by atoms with Gasteiger partial charge < -0.3 is 10.3 Å². The normalized spacial score (nSPS) is 10.3. The van der Waals surface area contributed by atoms with Gasteiger partial charge in [-0.15, -0.1) is 0 Å². The topological polar surface area (TPSA) is 56.5 Å². The lowest BCUT2D eigenvalue weighted by atomic mass is 10.2. The Bertz CT molecular complexity index is 386. The lowest BCUT2D eigenvalue weighted by Crippen LogP contribution is -1.90. The Morgan fingerprint density at radius 3 is 2.92 bits per heavy atom. The van der Waals surface area contributed by atoms with E-state index in [2.05, 4.69) is 20.5 Å². The molecule has 0 saturated carbocycles. The van der Waals surface area contributed by atoms with Crippen LogP contribution in [0, 0.1) is 6.92 Å². The number of nitrogens with zero attached hydrogens (tertiary/aromatic N) is 1. The Balaban J connectivity index is 2.52. The van der Waals surface area contributed by atoms with Crippen LogP contribution in [0.15, 0.2) is 18.3 Å². The molecule has 68 valence electrons. The van der Waals surface area contributed by atoms with Crippen LogP contribution in [0.2, 0.25) is 0 Å². The van der Waals surface area contributed by atoms with Crippen LogP contribution in [0.25, 0.3) is 11.4 Å². The third-order valence-electron chi connectivity index (χ3n) is 2.05. The van der Waals surface area contributed by atoms with Crippen molar-refractivity contribution in [1.29, 1.82) is 0 Å². The van der Waals surface area contributed by atoms with Gasteiger partial charge in [0.15, 0.2) is 0 Å². The lowest BCUT2D eigenvalue weighted by molar-refractivity contribution is 1.05. The molecule has 13 heavy (non-hydrogen) atoms. The van der Waals surface area contributed by atoms with Gasteiger partial charge in [-0.2, -0.15) is 5.10 Å². The van der Waals surface area contributed by atoms with Crippen molar-refractivity contribution in [2.45, 2.75) is 6.92 Å². The quantitative estimate of drug-likeness (QED) is 0.653. The molecule has 4 heteroatoms. The van der Waals surface area contributed by atoms with Crippen LogP contribution in [0.5, 0.6) is 0 Å². The Kier molecular flexibility index (Phi) is 1.81. The maximum Gasteiger partial charge on any atom is 0.132 e. The van der Waals surface area contributed by atoms with E-state index < -0.39 is 0 Å². The fraction of sp³-hybridized carbons (Fsp3) is 0.222. The van der Waals surface area contributed by atoms with E-state index in [4.69, 9.17) is 0 Å². The number of nitrogens with one attached hydrogen (secondary N) is 3. The third-order valence-corrected chi connectivity index (χ3v) is 2.05. The third kappa shape index (κ3) is 1.20. The summed E-state index contributed by atoms with van der Waals surface area (Å²) in [4.78, 5) is 3.12. The van der Waals surface area contributed by atoms with E-state index in [1.165, 1.54) is 0 Å². The Morgan fingerprint density at radius 2 is 2.31 bits per heavy atom. The van der Waals surface area contributed by atoms with Gasteiger partial charge in [0, 0.05) is 13.2 Å². The van der Waals surface area contributed by atoms with Crippen LogP contribution in [-0.4, -0.2) is 22.2 Å². The van der Waals surface area contributed by atoms with Crippen LogP contribution in [-0.2, 0) is 0 Å². The van der Waals surface area contributed by atoms with Crippen molar-refractivity contribution in [3.8, 4) is 11.4 Å². The fourth-order valence-corrected chi connectivity index (χ4v) is 1.41. The molecule has 0 radical (unpaired) electrons. The first kappa shape index (κ1) is 7.91. The summed E-state index contributed by atoms with van der Waals surface area (Å²) in [5, 5.41) is 10.3. The summed E-state index contributed by atoms with van der Waals surface area (Å²) in [7, 11) is 1.89. The van der Waals surface area contributed by atoms with E-state index >= 15 is 0 Å². The summed E-state index contributed by atoms with van der Waals surface area (Å²) in [6.07, 6.45) is 1.89.